The van der Waals surface area contributed by atoms with Crippen molar-refractivity contribution >= 4 is 29.3 Å². The van der Waals surface area contributed by atoms with Crippen molar-refractivity contribution in [1.29, 1.82) is 0 Å². The number of nitrogens with zero attached hydrogens (tertiary/aromatic N) is 2. The van der Waals surface area contributed by atoms with Gasteiger partial charge in [0, 0.05) is 0 Å². The second-order valence-corrected chi connectivity index (χ2v) is 8.73. The van der Waals surface area contributed by atoms with Gasteiger partial charge in [0.2, 0.25) is 0 Å². The van der Waals surface area contributed by atoms with Gasteiger partial charge < -0.3 is 74.6 Å². The van der Waals surface area contributed by atoms with E-state index >= 15 is 0 Å². The Hall–Kier alpha value is -1.35. The van der Waals surface area contributed by atoms with E-state index in [-0.39, 0.29) is 11.6 Å². The number of nitrogens with two attached hydrogens (primary N) is 1. The zero-order chi connectivity index (χ0) is 27.7. The Labute approximate surface area is 188 Å². The molecule has 0 unspecified atom stereocenters. The van der Waals surface area contributed by atoms with Crippen LogP contribution in [-0.4, -0.2) is 101 Å². The summed E-state index contributed by atoms with van der Waals surface area (Å²) in [7, 11) is -12.6. The van der Waals surface area contributed by atoms with E-state index in [2.05, 4.69) is 4.98 Å². The topological polar surface area (TPSA) is 373 Å². The molecule has 24 heteroatoms. The van der Waals surface area contributed by atoms with E-state index in [1.807, 2.05) is 0 Å². The summed E-state index contributed by atoms with van der Waals surface area (Å²) in [6, 6.07) is 0. The Bertz CT molecular complexity index is 881. The molecule has 2 rings (SSSR count). The monoisotopic (exact) mass is 567 g/mol. The Kier molecular flexibility index (Phi) is 14.6. The average Bonchev–Trinajstić information content (AvgIpc) is 2.86. The van der Waals surface area contributed by atoms with Crippen molar-refractivity contribution in [2.45, 2.75) is 24.5 Å². The lowest BCUT2D eigenvalue weighted by Gasteiger charge is -2.18. The Morgan fingerprint density at radius 2 is 1.35 bits per heavy atom. The molecule has 0 saturated carbocycles. The van der Waals surface area contributed by atoms with E-state index in [4.69, 9.17) is 78.0 Å². The number of nitrogen functional groups attached to an aromatic ring is 1. The highest BCUT2D eigenvalue weighted by atomic mass is 31.2. The zero-order valence-corrected chi connectivity index (χ0v) is 19.4. The first-order valence-electron chi connectivity index (χ1n) is 7.89. The maximum Gasteiger partial charge on any atom is 0.466 e. The van der Waals surface area contributed by atoms with Crippen LogP contribution >= 0.6 is 23.5 Å². The van der Waals surface area contributed by atoms with Gasteiger partial charge in [-0.2, -0.15) is 4.98 Å². The molecule has 1 aliphatic rings. The number of hydrogen-bond acceptors (Lipinski definition) is 11. The Balaban J connectivity index is 0. The van der Waals surface area contributed by atoms with Gasteiger partial charge in [-0.1, -0.05) is 0 Å². The minimum absolute atomic E-state index is 0.0875. The average molecular weight is 567 g/mol. The highest BCUT2D eigenvalue weighted by Gasteiger charge is 2.44. The fourth-order valence-electron chi connectivity index (χ4n) is 1.91. The first-order chi connectivity index (χ1) is 15.0. The minimum Gasteiger partial charge on any atom is -0.491 e. The molecule has 202 valence electrons. The van der Waals surface area contributed by atoms with Crippen LogP contribution in [0.3, 0.4) is 0 Å². The van der Waals surface area contributed by atoms with Crippen LogP contribution in [0, 0.1) is 0 Å². The molecule has 0 aliphatic carbocycles. The van der Waals surface area contributed by atoms with Gasteiger partial charge in [-0.15, -0.1) is 0 Å². The van der Waals surface area contributed by atoms with Crippen LogP contribution in [0.1, 0.15) is 6.23 Å². The largest absolute Gasteiger partial charge is 0.491 e. The number of aromatic nitrogens is 2. The summed E-state index contributed by atoms with van der Waals surface area (Å²) in [5.74, 6) is 0.0489. The first-order valence-corrected chi connectivity index (χ1v) is 12.6. The van der Waals surface area contributed by atoms with Crippen LogP contribution in [0.4, 0.5) is 5.82 Å². The maximum atomic E-state index is 11.7. The van der Waals surface area contributed by atoms with Gasteiger partial charge in [-0.3, -0.25) is 4.57 Å². The second kappa shape index (κ2) is 14.3. The molecule has 4 atom stereocenters. The molecule has 1 aromatic rings. The fraction of sp³-hybridized carbons (Fsp3) is 0.600. The third-order valence-corrected chi connectivity index (χ3v) is 2.96. The van der Waals surface area contributed by atoms with Crippen LogP contribution in [0.15, 0.2) is 11.0 Å². The summed E-state index contributed by atoms with van der Waals surface area (Å²) < 4.78 is 37.7. The number of anilines is 1. The summed E-state index contributed by atoms with van der Waals surface area (Å²) in [5.41, 5.74) is 4.72. The molecule has 21 nitrogen and oxygen atoms in total. The van der Waals surface area contributed by atoms with Gasteiger partial charge in [0.25, 0.3) is 0 Å². The number of methoxy groups -OCH3 is 1. The van der Waals surface area contributed by atoms with Gasteiger partial charge in [0.15, 0.2) is 17.8 Å². The molecule has 0 radical (unpaired) electrons. The molecule has 2 heterocycles. The first kappa shape index (κ1) is 34.8. The van der Waals surface area contributed by atoms with Crippen LogP contribution < -0.4 is 16.2 Å². The maximum absolute atomic E-state index is 11.7. The molecule has 34 heavy (non-hydrogen) atoms. The summed E-state index contributed by atoms with van der Waals surface area (Å²) in [6.07, 6.45) is -3.59. The molecule has 1 fully saturated rings. The fourth-order valence-corrected chi connectivity index (χ4v) is 1.91. The van der Waals surface area contributed by atoms with Gasteiger partial charge in [0.1, 0.15) is 18.3 Å². The van der Waals surface area contributed by atoms with Crippen molar-refractivity contribution in [3.8, 4) is 5.75 Å². The van der Waals surface area contributed by atoms with E-state index in [1.165, 1.54) is 13.3 Å². The number of rotatable bonds is 3. The van der Waals surface area contributed by atoms with Crippen LogP contribution in [-0.2, 0) is 18.4 Å². The number of aliphatic hydroxyl groups is 3. The van der Waals surface area contributed by atoms with E-state index < -0.39 is 60.3 Å². The van der Waals surface area contributed by atoms with Crippen molar-refractivity contribution < 1.29 is 82.5 Å². The predicted octanol–water partition coefficient (Wildman–Crippen LogP) is -5.34. The van der Waals surface area contributed by atoms with E-state index in [0.717, 1.165) is 4.57 Å². The molecule has 1 saturated heterocycles. The van der Waals surface area contributed by atoms with Gasteiger partial charge >= 0.3 is 29.2 Å². The molecular weight excluding hydrogens is 543 g/mol. The van der Waals surface area contributed by atoms with Crippen molar-refractivity contribution in [3.05, 3.63) is 16.7 Å². The van der Waals surface area contributed by atoms with Crippen molar-refractivity contribution in [2.24, 2.45) is 0 Å². The van der Waals surface area contributed by atoms with Crippen molar-refractivity contribution in [3.63, 3.8) is 0 Å². The quantitative estimate of drug-likeness (QED) is 0.152. The van der Waals surface area contributed by atoms with Crippen LogP contribution in [0.2, 0.25) is 0 Å². The minimum atomic E-state index is -4.64. The third kappa shape index (κ3) is 18.0. The summed E-state index contributed by atoms with van der Waals surface area (Å²) in [6.45, 7) is -0.483. The van der Waals surface area contributed by atoms with Gasteiger partial charge in [-0.05, 0) is 0 Å². The summed E-state index contributed by atoms with van der Waals surface area (Å²) >= 11 is 0. The standard InChI is InChI=1S/C10H15N3O6.3H3O4P/c1-18-4-2-13(10(17)12-8(4)11)9-7(16)6(15)5(3-14)19-9;3*1-5(2,3)4/h2,5-7,9,14-16H,3H2,1H3,(H2,11,12,17);3*(H3,1,2,3,4)/t5-,6-,7-,9-;;;/m1.../s1. The van der Waals surface area contributed by atoms with Gasteiger partial charge in [0.05, 0.1) is 19.9 Å². The highest BCUT2D eigenvalue weighted by Crippen LogP contribution is 2.29. The molecular formula is C10H24N3O18P3. The normalized spacial score (nSPS) is 22.3. The Morgan fingerprint density at radius 1 is 0.971 bits per heavy atom. The lowest BCUT2D eigenvalue weighted by atomic mass is 10.1. The lowest BCUT2D eigenvalue weighted by Crippen LogP contribution is -2.36. The summed E-state index contributed by atoms with van der Waals surface area (Å²) in [4.78, 5) is 79.9. The molecule has 1 aliphatic heterocycles. The predicted molar refractivity (Wildman–Crippen MR) is 105 cm³/mol. The van der Waals surface area contributed by atoms with Gasteiger partial charge in [-0.25, -0.2) is 18.5 Å². The second-order valence-electron chi connectivity index (χ2n) is 5.65. The van der Waals surface area contributed by atoms with E-state index in [0.29, 0.717) is 0 Å². The van der Waals surface area contributed by atoms with Crippen molar-refractivity contribution in [2.75, 3.05) is 19.5 Å². The SMILES string of the molecule is COc1cn([C@@H]2O[C@H](CO)[C@@H](O)[C@H]2O)c(=O)nc1N.O=P(O)(O)O.O=P(O)(O)O.O=P(O)(O)O. The third-order valence-electron chi connectivity index (χ3n) is 2.96. The lowest BCUT2D eigenvalue weighted by molar-refractivity contribution is -0.0551. The Morgan fingerprint density at radius 3 is 1.65 bits per heavy atom. The zero-order valence-electron chi connectivity index (χ0n) is 16.7. The molecule has 0 spiro atoms. The molecule has 1 aromatic heterocycles. The molecule has 14 N–H and O–H groups in total. The number of phosphoric acid groups is 3. The smallest absolute Gasteiger partial charge is 0.466 e. The highest BCUT2D eigenvalue weighted by molar-refractivity contribution is 7.45. The number of ether oxygens (including phenoxy) is 2. The molecule has 0 aromatic carbocycles. The number of hydrogen-bond donors (Lipinski definition) is 13. The molecule has 0 bridgehead atoms. The molecule has 0 amide bonds. The van der Waals surface area contributed by atoms with Crippen molar-refractivity contribution in [1.82, 2.24) is 9.55 Å². The van der Waals surface area contributed by atoms with E-state index in [1.54, 1.807) is 0 Å². The summed E-state index contributed by atoms with van der Waals surface area (Å²) in [5, 5.41) is 28.4. The van der Waals surface area contributed by atoms with Crippen LogP contribution in [0.25, 0.3) is 0 Å². The van der Waals surface area contributed by atoms with Crippen LogP contribution in [0.5, 0.6) is 5.75 Å². The number of aliphatic hydroxyl groups excluding tert-OH is 3. The van der Waals surface area contributed by atoms with E-state index in [9.17, 15) is 15.0 Å².